The Hall–Kier alpha value is -1.42. The number of rotatable bonds is 6. The van der Waals surface area contributed by atoms with Gasteiger partial charge in [-0.1, -0.05) is 25.0 Å². The standard InChI is InChI=1S/C16H23FN2O/c17-14-7-5-13(6-8-14)10-12-19(16(20)9-11-18)15-3-1-2-4-15/h5-8,15H,1-4,9-12,18H2. The molecule has 1 aliphatic carbocycles. The number of nitrogens with zero attached hydrogens (tertiary/aromatic N) is 1. The van der Waals surface area contributed by atoms with Gasteiger partial charge in [-0.3, -0.25) is 4.79 Å². The molecule has 1 aromatic rings. The van der Waals surface area contributed by atoms with Crippen molar-refractivity contribution in [2.45, 2.75) is 44.6 Å². The van der Waals surface area contributed by atoms with Gasteiger partial charge in [-0.15, -0.1) is 0 Å². The van der Waals surface area contributed by atoms with Gasteiger partial charge in [-0.25, -0.2) is 4.39 Å². The van der Waals surface area contributed by atoms with Crippen molar-refractivity contribution in [3.63, 3.8) is 0 Å². The second-order valence-electron chi connectivity index (χ2n) is 5.44. The normalized spacial score (nSPS) is 15.5. The molecule has 4 heteroatoms. The molecule has 1 saturated carbocycles. The highest BCUT2D eigenvalue weighted by Gasteiger charge is 2.25. The van der Waals surface area contributed by atoms with Crippen molar-refractivity contribution in [2.75, 3.05) is 13.1 Å². The topological polar surface area (TPSA) is 46.3 Å². The molecule has 20 heavy (non-hydrogen) atoms. The molecular formula is C16H23FN2O. The fourth-order valence-electron chi connectivity index (χ4n) is 2.89. The molecule has 0 saturated heterocycles. The lowest BCUT2D eigenvalue weighted by Crippen LogP contribution is -2.41. The van der Waals surface area contributed by atoms with E-state index in [0.29, 0.717) is 25.6 Å². The molecule has 1 fully saturated rings. The first-order chi connectivity index (χ1) is 9.70. The first kappa shape index (κ1) is 15.0. The Kier molecular flexibility index (Phi) is 5.53. The van der Waals surface area contributed by atoms with Crippen molar-refractivity contribution < 1.29 is 9.18 Å². The van der Waals surface area contributed by atoms with E-state index in [4.69, 9.17) is 5.73 Å². The van der Waals surface area contributed by atoms with Gasteiger partial charge < -0.3 is 10.6 Å². The van der Waals surface area contributed by atoms with Crippen molar-refractivity contribution in [2.24, 2.45) is 5.73 Å². The van der Waals surface area contributed by atoms with E-state index in [-0.39, 0.29) is 11.7 Å². The van der Waals surface area contributed by atoms with Crippen LogP contribution in [-0.2, 0) is 11.2 Å². The molecule has 2 N–H and O–H groups in total. The van der Waals surface area contributed by atoms with E-state index in [1.54, 1.807) is 12.1 Å². The zero-order valence-corrected chi connectivity index (χ0v) is 11.9. The highest BCUT2D eigenvalue weighted by Crippen LogP contribution is 2.24. The molecule has 3 nitrogen and oxygen atoms in total. The second-order valence-corrected chi connectivity index (χ2v) is 5.44. The number of carbonyl (C=O) groups is 1. The van der Waals surface area contributed by atoms with Gasteiger partial charge in [-0.05, 0) is 37.0 Å². The molecule has 1 aromatic carbocycles. The maximum Gasteiger partial charge on any atom is 0.224 e. The molecule has 1 amide bonds. The predicted octanol–water partition coefficient (Wildman–Crippen LogP) is 2.49. The van der Waals surface area contributed by atoms with E-state index in [9.17, 15) is 9.18 Å². The van der Waals surface area contributed by atoms with Crippen LogP contribution < -0.4 is 5.73 Å². The van der Waals surface area contributed by atoms with E-state index < -0.39 is 0 Å². The molecule has 0 radical (unpaired) electrons. The first-order valence-corrected chi connectivity index (χ1v) is 7.44. The molecule has 0 aromatic heterocycles. The van der Waals surface area contributed by atoms with Crippen LogP contribution in [0.5, 0.6) is 0 Å². The Morgan fingerprint density at radius 3 is 2.50 bits per heavy atom. The molecule has 0 spiro atoms. The number of hydrogen-bond donors (Lipinski definition) is 1. The van der Waals surface area contributed by atoms with Crippen LogP contribution in [0.2, 0.25) is 0 Å². The average Bonchev–Trinajstić information content (AvgIpc) is 2.95. The van der Waals surface area contributed by atoms with Crippen LogP contribution in [0.1, 0.15) is 37.7 Å². The highest BCUT2D eigenvalue weighted by atomic mass is 19.1. The first-order valence-electron chi connectivity index (χ1n) is 7.44. The minimum absolute atomic E-state index is 0.154. The Morgan fingerprint density at radius 1 is 1.25 bits per heavy atom. The molecule has 0 aliphatic heterocycles. The SMILES string of the molecule is NCCC(=O)N(CCc1ccc(F)cc1)C1CCCC1. The van der Waals surface area contributed by atoms with Gasteiger partial charge in [0.2, 0.25) is 5.91 Å². The molecule has 0 atom stereocenters. The monoisotopic (exact) mass is 278 g/mol. The van der Waals surface area contributed by atoms with Crippen LogP contribution in [0.25, 0.3) is 0 Å². The summed E-state index contributed by atoms with van der Waals surface area (Å²) in [6.07, 6.45) is 5.79. The Bertz CT molecular complexity index is 427. The van der Waals surface area contributed by atoms with Gasteiger partial charge in [0.25, 0.3) is 0 Å². The van der Waals surface area contributed by atoms with Gasteiger partial charge >= 0.3 is 0 Å². The number of hydrogen-bond acceptors (Lipinski definition) is 2. The summed E-state index contributed by atoms with van der Waals surface area (Å²) in [6, 6.07) is 6.88. The van der Waals surface area contributed by atoms with Crippen molar-refractivity contribution in [1.29, 1.82) is 0 Å². The third-order valence-electron chi connectivity index (χ3n) is 4.00. The molecule has 0 bridgehead atoms. The zero-order valence-electron chi connectivity index (χ0n) is 11.9. The smallest absolute Gasteiger partial charge is 0.224 e. The largest absolute Gasteiger partial charge is 0.339 e. The summed E-state index contributed by atoms with van der Waals surface area (Å²) in [6.45, 7) is 1.10. The maximum atomic E-state index is 12.9. The van der Waals surface area contributed by atoms with Crippen molar-refractivity contribution in [3.05, 3.63) is 35.6 Å². The van der Waals surface area contributed by atoms with Crippen LogP contribution in [0.3, 0.4) is 0 Å². The molecule has 0 unspecified atom stereocenters. The van der Waals surface area contributed by atoms with Gasteiger partial charge in [0.15, 0.2) is 0 Å². The third-order valence-corrected chi connectivity index (χ3v) is 4.00. The molecular weight excluding hydrogens is 255 g/mol. The second kappa shape index (κ2) is 7.39. The van der Waals surface area contributed by atoms with E-state index >= 15 is 0 Å². The van der Waals surface area contributed by atoms with E-state index in [0.717, 1.165) is 24.8 Å². The van der Waals surface area contributed by atoms with Crippen LogP contribution in [0.15, 0.2) is 24.3 Å². The van der Waals surface area contributed by atoms with Gasteiger partial charge in [0.05, 0.1) is 0 Å². The summed E-state index contributed by atoms with van der Waals surface area (Å²) in [7, 11) is 0. The van der Waals surface area contributed by atoms with Crippen LogP contribution in [0.4, 0.5) is 4.39 Å². The number of nitrogens with two attached hydrogens (primary N) is 1. The minimum Gasteiger partial charge on any atom is -0.339 e. The predicted molar refractivity (Wildman–Crippen MR) is 77.7 cm³/mol. The minimum atomic E-state index is -0.222. The number of benzene rings is 1. The lowest BCUT2D eigenvalue weighted by atomic mass is 10.1. The van der Waals surface area contributed by atoms with Gasteiger partial charge in [-0.2, -0.15) is 0 Å². The van der Waals surface area contributed by atoms with E-state index in [1.165, 1.54) is 25.0 Å². The fraction of sp³-hybridized carbons (Fsp3) is 0.562. The Balaban J connectivity index is 1.96. The fourth-order valence-corrected chi connectivity index (χ4v) is 2.89. The van der Waals surface area contributed by atoms with E-state index in [1.807, 2.05) is 4.90 Å². The lowest BCUT2D eigenvalue weighted by molar-refractivity contribution is -0.133. The summed E-state index contributed by atoms with van der Waals surface area (Å²) in [4.78, 5) is 14.2. The number of halogens is 1. The Morgan fingerprint density at radius 2 is 1.90 bits per heavy atom. The van der Waals surface area contributed by atoms with Crippen LogP contribution in [0, 0.1) is 5.82 Å². The van der Waals surface area contributed by atoms with Crippen LogP contribution >= 0.6 is 0 Å². The number of amides is 1. The molecule has 110 valence electrons. The summed E-state index contributed by atoms with van der Waals surface area (Å²) in [5.41, 5.74) is 6.57. The average molecular weight is 278 g/mol. The molecule has 2 rings (SSSR count). The highest BCUT2D eigenvalue weighted by molar-refractivity contribution is 5.76. The quantitative estimate of drug-likeness (QED) is 0.869. The molecule has 0 heterocycles. The Labute approximate surface area is 120 Å². The summed E-state index contributed by atoms with van der Waals surface area (Å²) in [5, 5.41) is 0. The van der Waals surface area contributed by atoms with E-state index in [2.05, 4.69) is 0 Å². The van der Waals surface area contributed by atoms with Crippen molar-refractivity contribution in [1.82, 2.24) is 4.90 Å². The zero-order chi connectivity index (χ0) is 14.4. The van der Waals surface area contributed by atoms with Gasteiger partial charge in [0, 0.05) is 25.6 Å². The van der Waals surface area contributed by atoms with Crippen molar-refractivity contribution >= 4 is 5.91 Å². The van der Waals surface area contributed by atoms with Gasteiger partial charge in [0.1, 0.15) is 5.82 Å². The maximum absolute atomic E-state index is 12.9. The van der Waals surface area contributed by atoms with Crippen molar-refractivity contribution in [3.8, 4) is 0 Å². The lowest BCUT2D eigenvalue weighted by Gasteiger charge is -2.29. The number of carbonyl (C=O) groups excluding carboxylic acids is 1. The summed E-state index contributed by atoms with van der Waals surface area (Å²) in [5.74, 6) is -0.0675. The third kappa shape index (κ3) is 4.04. The summed E-state index contributed by atoms with van der Waals surface area (Å²) < 4.78 is 12.9. The summed E-state index contributed by atoms with van der Waals surface area (Å²) >= 11 is 0. The molecule has 1 aliphatic rings. The van der Waals surface area contributed by atoms with Crippen LogP contribution in [-0.4, -0.2) is 29.9 Å².